The second-order valence-electron chi connectivity index (χ2n) is 6.48. The van der Waals surface area contributed by atoms with Gasteiger partial charge in [-0.2, -0.15) is 0 Å². The maximum atomic E-state index is 13.6. The van der Waals surface area contributed by atoms with E-state index < -0.39 is 40.0 Å². The quantitative estimate of drug-likeness (QED) is 0.659. The molecule has 1 unspecified atom stereocenters. The van der Waals surface area contributed by atoms with Crippen LogP contribution in [0.1, 0.15) is 32.4 Å². The van der Waals surface area contributed by atoms with Crippen LogP contribution in [0.25, 0.3) is 0 Å². The predicted molar refractivity (Wildman–Crippen MR) is 81.6 cm³/mol. The topological polar surface area (TPSA) is 84.7 Å². The summed E-state index contributed by atoms with van der Waals surface area (Å²) in [5, 5.41) is 14.2. The number of halogens is 2. The van der Waals surface area contributed by atoms with Crippen LogP contribution in [0.15, 0.2) is 12.1 Å². The Morgan fingerprint density at radius 2 is 2.00 bits per heavy atom. The van der Waals surface area contributed by atoms with Crippen LogP contribution in [-0.4, -0.2) is 41.2 Å². The summed E-state index contributed by atoms with van der Waals surface area (Å²) in [7, 11) is 0. The van der Waals surface area contributed by atoms with E-state index in [4.69, 9.17) is 4.74 Å². The van der Waals surface area contributed by atoms with Gasteiger partial charge in [0.15, 0.2) is 11.6 Å². The Labute approximate surface area is 137 Å². The summed E-state index contributed by atoms with van der Waals surface area (Å²) < 4.78 is 32.3. The smallest absolute Gasteiger partial charge is 0.410 e. The minimum atomic E-state index is -1.31. The monoisotopic (exact) mass is 343 g/mol. The lowest BCUT2D eigenvalue weighted by atomic mass is 10.0. The molecule has 9 heteroatoms. The van der Waals surface area contributed by atoms with E-state index in [0.29, 0.717) is 12.6 Å². The van der Waals surface area contributed by atoms with Gasteiger partial charge in [-0.05, 0) is 26.8 Å². The third-order valence-corrected chi connectivity index (χ3v) is 3.50. The van der Waals surface area contributed by atoms with Gasteiger partial charge >= 0.3 is 6.09 Å². The van der Waals surface area contributed by atoms with Gasteiger partial charge in [0.05, 0.1) is 22.6 Å². The highest BCUT2D eigenvalue weighted by atomic mass is 19.2. The van der Waals surface area contributed by atoms with Crippen LogP contribution < -0.4 is 5.32 Å². The third kappa shape index (κ3) is 3.97. The Bertz CT molecular complexity index is 661. The molecule has 7 nitrogen and oxygen atoms in total. The summed E-state index contributed by atoms with van der Waals surface area (Å²) in [4.78, 5) is 24.1. The van der Waals surface area contributed by atoms with Crippen molar-refractivity contribution in [3.05, 3.63) is 39.4 Å². The molecule has 0 saturated carbocycles. The number of nitro benzene ring substituents is 1. The molecular formula is C15H19F2N3O4. The van der Waals surface area contributed by atoms with Crippen molar-refractivity contribution in [1.82, 2.24) is 10.2 Å². The Hall–Kier alpha value is -2.29. The standard InChI is InChI=1S/C15H19F2N3O4/c1-15(2,3)24-14(21)19-5-4-18-8-13(19)9-6-10(16)11(17)7-12(9)20(22)23/h6-7,13,18H,4-5,8H2,1-3H3. The maximum absolute atomic E-state index is 13.6. The average Bonchev–Trinajstić information content (AvgIpc) is 2.47. The maximum Gasteiger partial charge on any atom is 0.410 e. The van der Waals surface area contributed by atoms with Crippen molar-refractivity contribution in [3.8, 4) is 0 Å². The highest BCUT2D eigenvalue weighted by molar-refractivity contribution is 5.69. The van der Waals surface area contributed by atoms with Gasteiger partial charge < -0.3 is 10.1 Å². The normalized spacial score (nSPS) is 18.4. The van der Waals surface area contributed by atoms with E-state index in [0.717, 1.165) is 6.07 Å². The van der Waals surface area contributed by atoms with Gasteiger partial charge in [0.1, 0.15) is 5.60 Å². The van der Waals surface area contributed by atoms with Crippen molar-refractivity contribution < 1.29 is 23.2 Å². The zero-order chi connectivity index (χ0) is 18.1. The lowest BCUT2D eigenvalue weighted by Crippen LogP contribution is -2.50. The molecule has 1 aliphatic heterocycles. The Balaban J connectivity index is 2.42. The van der Waals surface area contributed by atoms with Crippen molar-refractivity contribution in [2.75, 3.05) is 19.6 Å². The number of nitrogens with zero attached hydrogens (tertiary/aromatic N) is 2. The minimum Gasteiger partial charge on any atom is -0.444 e. The number of carbonyl (C=O) groups is 1. The lowest BCUT2D eigenvalue weighted by molar-refractivity contribution is -0.386. The molecule has 1 atom stereocenters. The molecule has 1 saturated heterocycles. The number of carbonyl (C=O) groups excluding carboxylic acids is 1. The summed E-state index contributed by atoms with van der Waals surface area (Å²) in [6, 6.07) is 0.471. The van der Waals surface area contributed by atoms with Crippen LogP contribution in [0.3, 0.4) is 0 Å². The first-order chi connectivity index (χ1) is 11.1. The Morgan fingerprint density at radius 1 is 1.38 bits per heavy atom. The van der Waals surface area contributed by atoms with Crippen LogP contribution in [0.4, 0.5) is 19.3 Å². The molecule has 0 spiro atoms. The molecule has 1 N–H and O–H groups in total. The van der Waals surface area contributed by atoms with E-state index in [1.54, 1.807) is 20.8 Å². The number of hydrogen-bond acceptors (Lipinski definition) is 5. The van der Waals surface area contributed by atoms with Crippen LogP contribution in [0, 0.1) is 21.7 Å². The van der Waals surface area contributed by atoms with Crippen LogP contribution in [-0.2, 0) is 4.74 Å². The number of amides is 1. The zero-order valence-electron chi connectivity index (χ0n) is 13.6. The number of piperazine rings is 1. The molecule has 0 bridgehead atoms. The van der Waals surface area contributed by atoms with Gasteiger partial charge in [-0.15, -0.1) is 0 Å². The molecule has 1 amide bonds. The van der Waals surface area contributed by atoms with Gasteiger partial charge in [-0.3, -0.25) is 15.0 Å². The van der Waals surface area contributed by atoms with E-state index in [-0.39, 0.29) is 18.7 Å². The first-order valence-corrected chi connectivity index (χ1v) is 7.44. The SMILES string of the molecule is CC(C)(C)OC(=O)N1CCNCC1c1cc(F)c(F)cc1[N+](=O)[O-]. The fourth-order valence-electron chi connectivity index (χ4n) is 2.50. The second-order valence-corrected chi connectivity index (χ2v) is 6.48. The lowest BCUT2D eigenvalue weighted by Gasteiger charge is -2.37. The Morgan fingerprint density at radius 3 is 2.58 bits per heavy atom. The van der Waals surface area contributed by atoms with Gasteiger partial charge in [-0.1, -0.05) is 0 Å². The number of benzene rings is 1. The van der Waals surface area contributed by atoms with E-state index >= 15 is 0 Å². The largest absolute Gasteiger partial charge is 0.444 e. The van der Waals surface area contributed by atoms with Crippen LogP contribution >= 0.6 is 0 Å². The summed E-state index contributed by atoms with van der Waals surface area (Å²) in [6.07, 6.45) is -0.659. The summed E-state index contributed by atoms with van der Waals surface area (Å²) in [5.41, 5.74) is -1.39. The molecule has 0 radical (unpaired) electrons. The van der Waals surface area contributed by atoms with Crippen LogP contribution in [0.2, 0.25) is 0 Å². The van der Waals surface area contributed by atoms with Gasteiger partial charge in [0, 0.05) is 19.6 Å². The highest BCUT2D eigenvalue weighted by Gasteiger charge is 2.35. The molecule has 1 fully saturated rings. The third-order valence-electron chi connectivity index (χ3n) is 3.50. The predicted octanol–water partition coefficient (Wildman–Crippen LogP) is 2.75. The van der Waals surface area contributed by atoms with Crippen molar-refractivity contribution in [2.24, 2.45) is 0 Å². The highest BCUT2D eigenvalue weighted by Crippen LogP contribution is 2.33. The molecule has 24 heavy (non-hydrogen) atoms. The number of hydrogen-bond donors (Lipinski definition) is 1. The van der Waals surface area contributed by atoms with E-state index in [1.165, 1.54) is 4.90 Å². The summed E-state index contributed by atoms with van der Waals surface area (Å²) in [6.45, 7) is 5.96. The van der Waals surface area contributed by atoms with Crippen molar-refractivity contribution >= 4 is 11.8 Å². The first-order valence-electron chi connectivity index (χ1n) is 7.44. The average molecular weight is 343 g/mol. The molecule has 132 valence electrons. The van der Waals surface area contributed by atoms with Gasteiger partial charge in [0.25, 0.3) is 5.69 Å². The second kappa shape index (κ2) is 6.68. The molecule has 1 aromatic rings. The van der Waals surface area contributed by atoms with Crippen molar-refractivity contribution in [2.45, 2.75) is 32.4 Å². The number of nitro groups is 1. The zero-order valence-corrected chi connectivity index (χ0v) is 13.6. The molecule has 1 aliphatic rings. The Kier molecular flexibility index (Phi) is 5.02. The van der Waals surface area contributed by atoms with E-state index in [9.17, 15) is 23.7 Å². The molecule has 1 aromatic carbocycles. The van der Waals surface area contributed by atoms with E-state index in [2.05, 4.69) is 5.32 Å². The molecular weight excluding hydrogens is 324 g/mol. The van der Waals surface area contributed by atoms with E-state index in [1.807, 2.05) is 0 Å². The fourth-order valence-corrected chi connectivity index (χ4v) is 2.50. The van der Waals surface area contributed by atoms with Gasteiger partial charge in [0.2, 0.25) is 0 Å². The van der Waals surface area contributed by atoms with Crippen LogP contribution in [0.5, 0.6) is 0 Å². The number of ether oxygens (including phenoxy) is 1. The van der Waals surface area contributed by atoms with Gasteiger partial charge in [-0.25, -0.2) is 13.6 Å². The summed E-state index contributed by atoms with van der Waals surface area (Å²) >= 11 is 0. The van der Waals surface area contributed by atoms with Crippen molar-refractivity contribution in [1.29, 1.82) is 0 Å². The minimum absolute atomic E-state index is 0.0723. The first kappa shape index (κ1) is 18.1. The molecule has 0 aliphatic carbocycles. The fraction of sp³-hybridized carbons (Fsp3) is 0.533. The summed E-state index contributed by atoms with van der Waals surface area (Å²) in [5.74, 6) is -2.51. The number of nitrogens with one attached hydrogen (secondary N) is 1. The van der Waals surface area contributed by atoms with Crippen molar-refractivity contribution in [3.63, 3.8) is 0 Å². The molecule has 1 heterocycles. The number of rotatable bonds is 2. The molecule has 0 aromatic heterocycles. The molecule has 2 rings (SSSR count).